The Morgan fingerprint density at radius 1 is 0.969 bits per heavy atom. The zero-order valence-corrected chi connectivity index (χ0v) is 18.2. The Morgan fingerprint density at radius 2 is 1.81 bits per heavy atom. The van der Waals surface area contributed by atoms with Crippen molar-refractivity contribution < 1.29 is 9.21 Å². The molecule has 6 rings (SSSR count). The van der Waals surface area contributed by atoms with Gasteiger partial charge in [0.25, 0.3) is 5.91 Å². The van der Waals surface area contributed by atoms with Crippen LogP contribution in [0.5, 0.6) is 0 Å². The molecular formula is C25H22N4O2S. The number of carbonyl (C=O) groups excluding carboxylic acids is 1. The van der Waals surface area contributed by atoms with E-state index in [1.165, 1.54) is 0 Å². The van der Waals surface area contributed by atoms with Crippen LogP contribution < -0.4 is 4.90 Å². The monoisotopic (exact) mass is 442 g/mol. The SMILES string of the molecule is O=C(c1ccccc1-c1cccs1)N1CC2CN(c3nccc(-c4ccco4)n3)CC2C1. The van der Waals surface area contributed by atoms with Gasteiger partial charge in [-0.1, -0.05) is 24.3 Å². The molecule has 2 fully saturated rings. The van der Waals surface area contributed by atoms with Crippen molar-refractivity contribution >= 4 is 23.2 Å². The van der Waals surface area contributed by atoms with E-state index in [0.29, 0.717) is 11.8 Å². The van der Waals surface area contributed by atoms with Crippen LogP contribution in [0.2, 0.25) is 0 Å². The molecule has 2 aliphatic rings. The molecule has 2 unspecified atom stereocenters. The minimum atomic E-state index is 0.131. The van der Waals surface area contributed by atoms with Crippen LogP contribution in [0.25, 0.3) is 21.9 Å². The normalized spacial score (nSPS) is 20.0. The van der Waals surface area contributed by atoms with Crippen LogP contribution in [-0.4, -0.2) is 47.0 Å². The zero-order valence-electron chi connectivity index (χ0n) is 17.4. The minimum absolute atomic E-state index is 0.131. The van der Waals surface area contributed by atoms with Gasteiger partial charge in [-0.25, -0.2) is 9.97 Å². The number of hydrogen-bond acceptors (Lipinski definition) is 6. The Kier molecular flexibility index (Phi) is 4.76. The van der Waals surface area contributed by atoms with E-state index < -0.39 is 0 Å². The third-order valence-electron chi connectivity index (χ3n) is 6.42. The van der Waals surface area contributed by atoms with Crippen LogP contribution in [0, 0.1) is 11.8 Å². The molecule has 2 saturated heterocycles. The molecule has 0 aliphatic carbocycles. The Hall–Kier alpha value is -3.45. The van der Waals surface area contributed by atoms with Crippen molar-refractivity contribution in [2.24, 2.45) is 11.8 Å². The maximum atomic E-state index is 13.4. The molecule has 6 nitrogen and oxygen atoms in total. The summed E-state index contributed by atoms with van der Waals surface area (Å²) in [6.45, 7) is 3.28. The van der Waals surface area contributed by atoms with Crippen LogP contribution >= 0.6 is 11.3 Å². The van der Waals surface area contributed by atoms with Crippen molar-refractivity contribution in [2.75, 3.05) is 31.1 Å². The summed E-state index contributed by atoms with van der Waals surface area (Å²) in [7, 11) is 0. The molecule has 0 radical (unpaired) electrons. The number of furan rings is 1. The summed E-state index contributed by atoms with van der Waals surface area (Å²) in [5, 5.41) is 2.05. The van der Waals surface area contributed by atoms with Crippen molar-refractivity contribution in [3.05, 3.63) is 78.0 Å². The van der Waals surface area contributed by atoms with Gasteiger partial charge in [-0.05, 0) is 35.7 Å². The lowest BCUT2D eigenvalue weighted by Gasteiger charge is -2.22. The van der Waals surface area contributed by atoms with Crippen molar-refractivity contribution in [3.8, 4) is 21.9 Å². The number of amides is 1. The second kappa shape index (κ2) is 7.91. The predicted molar refractivity (Wildman–Crippen MR) is 125 cm³/mol. The van der Waals surface area contributed by atoms with Crippen LogP contribution in [0.4, 0.5) is 5.95 Å². The zero-order chi connectivity index (χ0) is 21.5. The number of anilines is 1. The molecule has 7 heteroatoms. The number of benzene rings is 1. The molecular weight excluding hydrogens is 420 g/mol. The van der Waals surface area contributed by atoms with E-state index in [0.717, 1.165) is 59.6 Å². The van der Waals surface area contributed by atoms with Crippen molar-refractivity contribution in [1.29, 1.82) is 0 Å². The van der Waals surface area contributed by atoms with Crippen LogP contribution in [0.1, 0.15) is 10.4 Å². The largest absolute Gasteiger partial charge is 0.463 e. The van der Waals surface area contributed by atoms with E-state index in [1.54, 1.807) is 23.8 Å². The molecule has 2 aliphatic heterocycles. The summed E-state index contributed by atoms with van der Waals surface area (Å²) in [5.41, 5.74) is 2.61. The van der Waals surface area contributed by atoms with Crippen LogP contribution in [0.3, 0.4) is 0 Å². The second-order valence-electron chi connectivity index (χ2n) is 8.38. The third kappa shape index (κ3) is 3.39. The Morgan fingerprint density at radius 3 is 2.56 bits per heavy atom. The molecule has 160 valence electrons. The van der Waals surface area contributed by atoms with E-state index in [4.69, 9.17) is 9.40 Å². The highest BCUT2D eigenvalue weighted by Gasteiger charge is 2.42. The first kappa shape index (κ1) is 19.3. The number of hydrogen-bond donors (Lipinski definition) is 0. The summed E-state index contributed by atoms with van der Waals surface area (Å²) in [6.07, 6.45) is 3.44. The molecule has 0 spiro atoms. The lowest BCUT2D eigenvalue weighted by molar-refractivity contribution is 0.0783. The lowest BCUT2D eigenvalue weighted by atomic mass is 10.0. The van der Waals surface area contributed by atoms with Crippen molar-refractivity contribution in [1.82, 2.24) is 14.9 Å². The first-order valence-corrected chi connectivity index (χ1v) is 11.7. The highest BCUT2D eigenvalue weighted by molar-refractivity contribution is 7.13. The maximum Gasteiger partial charge on any atom is 0.254 e. The molecule has 0 bridgehead atoms. The number of carbonyl (C=O) groups is 1. The van der Waals surface area contributed by atoms with E-state index in [2.05, 4.69) is 16.0 Å². The molecule has 1 aromatic carbocycles. The molecule has 0 N–H and O–H groups in total. The molecule has 2 atom stereocenters. The van der Waals surface area contributed by atoms with Gasteiger partial charge in [0, 0.05) is 60.2 Å². The molecule has 5 heterocycles. The van der Waals surface area contributed by atoms with Crippen LogP contribution in [0.15, 0.2) is 76.9 Å². The highest BCUT2D eigenvalue weighted by Crippen LogP contribution is 2.35. The fourth-order valence-electron chi connectivity index (χ4n) is 4.87. The summed E-state index contributed by atoms with van der Waals surface area (Å²) in [4.78, 5) is 28.0. The Balaban J connectivity index is 1.17. The topological polar surface area (TPSA) is 62.5 Å². The van der Waals surface area contributed by atoms with E-state index >= 15 is 0 Å². The Bertz CT molecular complexity index is 1220. The summed E-state index contributed by atoms with van der Waals surface area (Å²) in [5.74, 6) is 2.47. The summed E-state index contributed by atoms with van der Waals surface area (Å²) in [6, 6.07) is 17.7. The third-order valence-corrected chi connectivity index (χ3v) is 7.32. The van der Waals surface area contributed by atoms with Gasteiger partial charge in [0.2, 0.25) is 5.95 Å². The molecule has 3 aromatic heterocycles. The van der Waals surface area contributed by atoms with E-state index in [9.17, 15) is 4.79 Å². The van der Waals surface area contributed by atoms with Gasteiger partial charge in [-0.2, -0.15) is 0 Å². The number of nitrogens with zero attached hydrogens (tertiary/aromatic N) is 4. The van der Waals surface area contributed by atoms with Gasteiger partial charge in [-0.3, -0.25) is 4.79 Å². The number of thiophene rings is 1. The van der Waals surface area contributed by atoms with E-state index in [1.807, 2.05) is 58.8 Å². The smallest absolute Gasteiger partial charge is 0.254 e. The molecule has 1 amide bonds. The predicted octanol–water partition coefficient (Wildman–Crippen LogP) is 4.67. The molecule has 32 heavy (non-hydrogen) atoms. The second-order valence-corrected chi connectivity index (χ2v) is 9.33. The van der Waals surface area contributed by atoms with Crippen molar-refractivity contribution in [2.45, 2.75) is 0 Å². The number of likely N-dealkylation sites (tertiary alicyclic amines) is 1. The first-order chi connectivity index (χ1) is 15.8. The quantitative estimate of drug-likeness (QED) is 0.459. The fraction of sp³-hybridized carbons (Fsp3) is 0.240. The van der Waals surface area contributed by atoms with Gasteiger partial charge >= 0.3 is 0 Å². The number of fused-ring (bicyclic) bond motifs is 1. The van der Waals surface area contributed by atoms with Gasteiger partial charge in [0.05, 0.1) is 6.26 Å². The number of aromatic nitrogens is 2. The number of rotatable bonds is 4. The maximum absolute atomic E-state index is 13.4. The average Bonchev–Trinajstić information content (AvgIpc) is 3.62. The van der Waals surface area contributed by atoms with Gasteiger partial charge < -0.3 is 14.2 Å². The van der Waals surface area contributed by atoms with Gasteiger partial charge in [0.15, 0.2) is 5.76 Å². The van der Waals surface area contributed by atoms with Crippen molar-refractivity contribution in [3.63, 3.8) is 0 Å². The standard InChI is InChI=1S/C25H22N4O2S/c30-24(20-6-2-1-5-19(20)23-8-4-12-32-23)28-13-17-15-29(16-18(17)14-28)25-26-10-9-21(27-25)22-7-3-11-31-22/h1-12,17-18H,13-16H2. The minimum Gasteiger partial charge on any atom is -0.463 e. The lowest BCUT2D eigenvalue weighted by Crippen LogP contribution is -2.34. The molecule has 0 saturated carbocycles. The molecule has 4 aromatic rings. The average molecular weight is 443 g/mol. The summed E-state index contributed by atoms with van der Waals surface area (Å²) >= 11 is 1.67. The van der Waals surface area contributed by atoms with E-state index in [-0.39, 0.29) is 5.91 Å². The fourth-order valence-corrected chi connectivity index (χ4v) is 5.64. The Labute approximate surface area is 190 Å². The highest BCUT2D eigenvalue weighted by atomic mass is 32.1. The van der Waals surface area contributed by atoms with Crippen LogP contribution in [-0.2, 0) is 0 Å². The summed E-state index contributed by atoms with van der Waals surface area (Å²) < 4.78 is 5.48. The first-order valence-electron chi connectivity index (χ1n) is 10.8. The van der Waals surface area contributed by atoms with Gasteiger partial charge in [0.1, 0.15) is 5.69 Å². The van der Waals surface area contributed by atoms with Gasteiger partial charge in [-0.15, -0.1) is 11.3 Å².